The first-order valence-corrected chi connectivity index (χ1v) is 19.8. The van der Waals surface area contributed by atoms with Gasteiger partial charge in [-0.25, -0.2) is 4.79 Å². The summed E-state index contributed by atoms with van der Waals surface area (Å²) in [5, 5.41) is 48.0. The van der Waals surface area contributed by atoms with Crippen LogP contribution in [0.2, 0.25) is 0 Å². The van der Waals surface area contributed by atoms with Crippen LogP contribution in [0.4, 0.5) is 5.69 Å². The summed E-state index contributed by atoms with van der Waals surface area (Å²) in [5.41, 5.74) is 3.23. The summed E-state index contributed by atoms with van der Waals surface area (Å²) in [4.78, 5) is 39.7. The molecule has 2 bridgehead atoms. The molecule has 290 valence electrons. The van der Waals surface area contributed by atoms with Crippen LogP contribution in [0.25, 0.3) is 0 Å². The number of aliphatic hydroxyl groups excluding tert-OH is 2. The number of unbranched alkanes of at least 4 members (excludes halogenated alkanes) is 2. The molecule has 0 amide bonds. The number of hydrogen-bond donors (Lipinski definition) is 5. The van der Waals surface area contributed by atoms with E-state index in [9.17, 15) is 34.8 Å². The fraction of sp³-hybridized carbons (Fsp3) is 0.568. The molecule has 2 fully saturated rings. The molecular formula is C44H55NO9. The van der Waals surface area contributed by atoms with Crippen molar-refractivity contribution in [2.24, 2.45) is 11.8 Å². The van der Waals surface area contributed by atoms with Crippen LogP contribution in [0.15, 0.2) is 35.9 Å². The zero-order valence-electron chi connectivity index (χ0n) is 31.8. The summed E-state index contributed by atoms with van der Waals surface area (Å²) in [6.07, 6.45) is 7.10. The number of fused-ring (bicyclic) bond motifs is 2. The predicted octanol–water partition coefficient (Wildman–Crippen LogP) is 6.29. The highest BCUT2D eigenvalue weighted by atomic mass is 16.6. The van der Waals surface area contributed by atoms with Gasteiger partial charge in [0.25, 0.3) is 0 Å². The number of cyclic esters (lactones) is 1. The van der Waals surface area contributed by atoms with Crippen molar-refractivity contribution < 1.29 is 44.3 Å². The number of allylic oxidation sites excluding steroid dienone is 1. The van der Waals surface area contributed by atoms with Gasteiger partial charge in [0.2, 0.25) is 0 Å². The Hall–Kier alpha value is -4.17. The minimum atomic E-state index is -1.43. The number of anilines is 1. The lowest BCUT2D eigenvalue weighted by atomic mass is 9.60. The molecule has 2 aromatic rings. The fourth-order valence-electron chi connectivity index (χ4n) is 9.09. The first-order valence-electron chi connectivity index (χ1n) is 19.8. The Balaban J connectivity index is 1.47. The van der Waals surface area contributed by atoms with Crippen molar-refractivity contribution in [3.8, 4) is 23.3 Å². The van der Waals surface area contributed by atoms with Gasteiger partial charge < -0.3 is 35.2 Å². The molecule has 2 aliphatic heterocycles. The monoisotopic (exact) mass is 741 g/mol. The van der Waals surface area contributed by atoms with Gasteiger partial charge >= 0.3 is 11.9 Å². The molecule has 6 rings (SSSR count). The minimum absolute atomic E-state index is 0.00651. The molecule has 5 N–H and O–H groups in total. The fourth-order valence-corrected chi connectivity index (χ4v) is 9.09. The van der Waals surface area contributed by atoms with Crippen molar-refractivity contribution in [1.82, 2.24) is 0 Å². The lowest BCUT2D eigenvalue weighted by molar-refractivity contribution is -0.187. The zero-order valence-corrected chi connectivity index (χ0v) is 31.8. The van der Waals surface area contributed by atoms with Crippen LogP contribution in [0.3, 0.4) is 0 Å². The number of esters is 2. The van der Waals surface area contributed by atoms with Gasteiger partial charge in [-0.1, -0.05) is 50.2 Å². The summed E-state index contributed by atoms with van der Waals surface area (Å²) in [6, 6.07) is 7.07. The number of phenols is 1. The highest BCUT2D eigenvalue weighted by Gasteiger charge is 2.53. The van der Waals surface area contributed by atoms with Crippen LogP contribution >= 0.6 is 0 Å². The van der Waals surface area contributed by atoms with E-state index in [1.54, 1.807) is 26.0 Å². The molecule has 2 heterocycles. The van der Waals surface area contributed by atoms with Crippen molar-refractivity contribution in [2.75, 3.05) is 11.9 Å². The number of phenolic OH excluding ortho intramolecular Hbond substituents is 1. The van der Waals surface area contributed by atoms with E-state index in [-0.39, 0.29) is 55.0 Å². The van der Waals surface area contributed by atoms with Crippen LogP contribution in [0.1, 0.15) is 131 Å². The maximum absolute atomic E-state index is 14.3. The third-order valence-corrected chi connectivity index (χ3v) is 12.0. The largest absolute Gasteiger partial charge is 0.508 e. The molecule has 0 spiro atoms. The molecule has 0 radical (unpaired) electrons. The summed E-state index contributed by atoms with van der Waals surface area (Å²) in [7, 11) is 0. The average molecular weight is 742 g/mol. The van der Waals surface area contributed by atoms with Gasteiger partial charge in [-0.3, -0.25) is 9.59 Å². The van der Waals surface area contributed by atoms with Gasteiger partial charge in [-0.05, 0) is 98.6 Å². The predicted molar refractivity (Wildman–Crippen MR) is 204 cm³/mol. The zero-order chi connectivity index (χ0) is 38.6. The van der Waals surface area contributed by atoms with Gasteiger partial charge in [-0.2, -0.15) is 0 Å². The molecule has 4 aliphatic rings. The molecule has 2 aromatic carbocycles. The Morgan fingerprint density at radius 3 is 2.57 bits per heavy atom. The highest BCUT2D eigenvalue weighted by Crippen LogP contribution is 2.49. The van der Waals surface area contributed by atoms with Crippen molar-refractivity contribution in [3.05, 3.63) is 63.7 Å². The number of ether oxygens (including phenoxy) is 2. The SMILES string of the molecule is C/C=C1/C[C@@H](c2cc(CO)c(CCCCC)c(NC[C@H](C)O)c2)C#C[C@H]2CC(=O)Oc3cc(O)c(cc32)C[C@H]([C@]2(O)CCC[C@H]3CC(=O)CC[C@H]32)OC1=O. The first kappa shape index (κ1) is 39.5. The number of rotatable bonds is 10. The Kier molecular flexibility index (Phi) is 12.5. The number of nitrogens with one attached hydrogen (secondary N) is 1. The molecular weight excluding hydrogens is 686 g/mol. The van der Waals surface area contributed by atoms with Crippen LogP contribution < -0.4 is 10.1 Å². The standard InChI is InChI=1S/C44H55NO9/c1-4-6-7-10-35-33(25-46)17-31(20-38(35)45-24-26(3)47)28-11-12-29-22-42(50)53-40-23-39(49)32(19-36(29)40)21-41(54-43(51)27(5-2)16-28)44(52)15-8-9-30-18-34(48)13-14-37(30)44/h5,17,19-20,23,26,28-30,37,41,45-47,49,52H,4,6-10,13-16,18,21-22,24-25H2,1-3H3/b27-5-/t26-,28-,29-,30-,37+,41+,44-/m0/s1. The second kappa shape index (κ2) is 17.1. The maximum atomic E-state index is 14.3. The van der Waals surface area contributed by atoms with Gasteiger partial charge in [0, 0.05) is 54.6 Å². The summed E-state index contributed by atoms with van der Waals surface area (Å²) in [6.45, 7) is 5.69. The van der Waals surface area contributed by atoms with Crippen molar-refractivity contribution in [3.63, 3.8) is 0 Å². The lowest BCUT2D eigenvalue weighted by Gasteiger charge is -2.50. The Labute approximate surface area is 318 Å². The number of hydrogen-bond acceptors (Lipinski definition) is 10. The van der Waals surface area contributed by atoms with E-state index in [0.717, 1.165) is 54.5 Å². The smallest absolute Gasteiger partial charge is 0.334 e. The van der Waals surface area contributed by atoms with Crippen LogP contribution in [-0.2, 0) is 38.6 Å². The van der Waals surface area contributed by atoms with E-state index in [2.05, 4.69) is 24.1 Å². The highest BCUT2D eigenvalue weighted by molar-refractivity contribution is 5.89. The maximum Gasteiger partial charge on any atom is 0.334 e. The van der Waals surface area contributed by atoms with Crippen molar-refractivity contribution in [2.45, 2.75) is 140 Å². The van der Waals surface area contributed by atoms with Gasteiger partial charge in [0.1, 0.15) is 29.0 Å². The van der Waals surface area contributed by atoms with E-state index < -0.39 is 41.6 Å². The summed E-state index contributed by atoms with van der Waals surface area (Å²) >= 11 is 0. The van der Waals surface area contributed by atoms with E-state index in [1.165, 1.54) is 6.07 Å². The number of aromatic hydroxyl groups is 1. The first-order chi connectivity index (χ1) is 25.9. The third-order valence-electron chi connectivity index (χ3n) is 12.0. The van der Waals surface area contributed by atoms with Crippen molar-refractivity contribution in [1.29, 1.82) is 0 Å². The van der Waals surface area contributed by atoms with Crippen molar-refractivity contribution >= 4 is 23.4 Å². The van der Waals surface area contributed by atoms with Gasteiger partial charge in [0.15, 0.2) is 0 Å². The summed E-state index contributed by atoms with van der Waals surface area (Å²) in [5.74, 6) is 4.50. The molecule has 2 aliphatic carbocycles. The second-order valence-electron chi connectivity index (χ2n) is 15.8. The average Bonchev–Trinajstić information content (AvgIpc) is 3.14. The molecule has 0 unspecified atom stereocenters. The molecule has 0 saturated heterocycles. The van der Waals surface area contributed by atoms with E-state index in [0.29, 0.717) is 55.3 Å². The molecule has 0 aromatic heterocycles. The lowest BCUT2D eigenvalue weighted by Crippen LogP contribution is -2.57. The second-order valence-corrected chi connectivity index (χ2v) is 15.8. The van der Waals surface area contributed by atoms with Crippen LogP contribution in [-0.4, -0.2) is 62.5 Å². The quantitative estimate of drug-likeness (QED) is 0.0615. The summed E-state index contributed by atoms with van der Waals surface area (Å²) < 4.78 is 12.0. The minimum Gasteiger partial charge on any atom is -0.508 e. The number of ketones is 1. The number of carbonyl (C=O) groups excluding carboxylic acids is 3. The van der Waals surface area contributed by atoms with Gasteiger partial charge in [-0.15, -0.1) is 0 Å². The number of carbonyl (C=O) groups is 3. The molecule has 54 heavy (non-hydrogen) atoms. The molecule has 10 heteroatoms. The van der Waals surface area contributed by atoms with E-state index >= 15 is 0 Å². The Morgan fingerprint density at radius 1 is 1.04 bits per heavy atom. The van der Waals surface area contributed by atoms with E-state index in [1.807, 2.05) is 12.1 Å². The van der Waals surface area contributed by atoms with E-state index in [4.69, 9.17) is 9.47 Å². The molecule has 2 saturated carbocycles. The third kappa shape index (κ3) is 8.54. The number of benzene rings is 2. The Bertz CT molecular complexity index is 1840. The Morgan fingerprint density at radius 2 is 1.83 bits per heavy atom. The van der Waals surface area contributed by atoms with Crippen LogP contribution in [0, 0.1) is 23.7 Å². The molecule has 7 atom stereocenters. The topological polar surface area (TPSA) is 163 Å². The normalized spacial score (nSPS) is 28.3. The number of aliphatic hydroxyl groups is 3. The molecule has 10 nitrogen and oxygen atoms in total. The van der Waals surface area contributed by atoms with Gasteiger partial charge in [0.05, 0.1) is 25.0 Å². The van der Waals surface area contributed by atoms with Crippen LogP contribution in [0.5, 0.6) is 11.5 Å². The number of Topliss-reactive ketones (excluding diaryl/α,β-unsaturated/α-hetero) is 1.